The fraction of sp³-hybridized carbons (Fsp3) is 0.417. The van der Waals surface area contributed by atoms with E-state index < -0.39 is 0 Å². The highest BCUT2D eigenvalue weighted by Gasteiger charge is 2.11. The van der Waals surface area contributed by atoms with Gasteiger partial charge in [0, 0.05) is 4.24 Å². The van der Waals surface area contributed by atoms with Crippen LogP contribution in [-0.2, 0) is 0 Å². The molecule has 1 fully saturated rings. The lowest BCUT2D eigenvalue weighted by Crippen LogP contribution is -1.97. The Morgan fingerprint density at radius 2 is 1.43 bits per heavy atom. The fourth-order valence-corrected chi connectivity index (χ4v) is 5.63. The maximum atomic E-state index is 5.99. The predicted octanol–water partition coefficient (Wildman–Crippen LogP) is 8.00. The van der Waals surface area contributed by atoms with E-state index in [9.17, 15) is 0 Å². The summed E-state index contributed by atoms with van der Waals surface area (Å²) in [5.74, 6) is 5.07. The molecule has 0 bridgehead atoms. The largest absolute Gasteiger partial charge is 0.494 e. The first-order valence-electron chi connectivity index (χ1n) is 10.2. The first-order chi connectivity index (χ1) is 13.8. The average Bonchev–Trinajstić information content (AvgIpc) is 2.75. The number of benzene rings is 2. The van der Waals surface area contributed by atoms with E-state index in [1.54, 1.807) is 0 Å². The zero-order chi connectivity index (χ0) is 19.6. The minimum Gasteiger partial charge on any atom is -0.494 e. The molecule has 0 amide bonds. The van der Waals surface area contributed by atoms with Crippen LogP contribution in [0.3, 0.4) is 0 Å². The molecule has 1 heterocycles. The summed E-state index contributed by atoms with van der Waals surface area (Å²) in [5, 5.41) is 0. The van der Waals surface area contributed by atoms with Gasteiger partial charge >= 0.3 is 0 Å². The number of unbranched alkanes of at least 4 members (excludes halogenated alkanes) is 3. The van der Waals surface area contributed by atoms with Gasteiger partial charge in [-0.05, 0) is 78.8 Å². The van der Waals surface area contributed by atoms with Gasteiger partial charge in [0.2, 0.25) is 0 Å². The fourth-order valence-electron chi connectivity index (χ4n) is 3.00. The number of hydrogen-bond acceptors (Lipinski definition) is 4. The van der Waals surface area contributed by atoms with Gasteiger partial charge in [-0.15, -0.1) is 23.5 Å². The molecule has 0 aliphatic carbocycles. The minimum absolute atomic E-state index is 0.785. The van der Waals surface area contributed by atoms with Gasteiger partial charge in [0.05, 0.1) is 6.61 Å². The number of allylic oxidation sites excluding steroid dienone is 1. The Hall–Kier alpha value is -1.52. The van der Waals surface area contributed by atoms with Crippen LogP contribution in [0.2, 0.25) is 0 Å². The zero-order valence-corrected chi connectivity index (χ0v) is 18.5. The molecule has 1 saturated heterocycles. The SMILES string of the molecule is CCCCCCOc1ccc(Oc2ccc(C(C)=C3SCCCS3)cc2)cc1. The minimum atomic E-state index is 0.785. The topological polar surface area (TPSA) is 18.5 Å². The smallest absolute Gasteiger partial charge is 0.127 e. The average molecular weight is 415 g/mol. The summed E-state index contributed by atoms with van der Waals surface area (Å²) >= 11 is 3.97. The molecule has 0 unspecified atom stereocenters. The third kappa shape index (κ3) is 6.52. The summed E-state index contributed by atoms with van der Waals surface area (Å²) in [6, 6.07) is 16.3. The van der Waals surface area contributed by atoms with Gasteiger partial charge in [0.1, 0.15) is 17.2 Å². The van der Waals surface area contributed by atoms with Gasteiger partial charge in [0.25, 0.3) is 0 Å². The van der Waals surface area contributed by atoms with E-state index in [1.807, 2.05) is 47.8 Å². The third-order valence-corrected chi connectivity index (χ3v) is 7.50. The van der Waals surface area contributed by atoms with Crippen LogP contribution in [0.15, 0.2) is 52.8 Å². The van der Waals surface area contributed by atoms with E-state index in [4.69, 9.17) is 9.47 Å². The lowest BCUT2D eigenvalue weighted by molar-refractivity contribution is 0.304. The van der Waals surface area contributed by atoms with Crippen molar-refractivity contribution in [2.24, 2.45) is 0 Å². The van der Waals surface area contributed by atoms with E-state index in [0.29, 0.717) is 0 Å². The van der Waals surface area contributed by atoms with E-state index >= 15 is 0 Å². The molecule has 0 spiro atoms. The van der Waals surface area contributed by atoms with Crippen LogP contribution < -0.4 is 9.47 Å². The molecular formula is C24H30O2S2. The number of rotatable bonds is 9. The van der Waals surface area contributed by atoms with Crippen molar-refractivity contribution >= 4 is 29.1 Å². The van der Waals surface area contributed by atoms with E-state index in [1.165, 1.54) is 52.6 Å². The Bertz CT molecular complexity index is 743. The Kier molecular flexibility index (Phi) is 8.69. The molecule has 0 atom stereocenters. The highest BCUT2D eigenvalue weighted by Crippen LogP contribution is 2.40. The molecule has 3 rings (SSSR count). The molecule has 0 aromatic heterocycles. The van der Waals surface area contributed by atoms with Crippen LogP contribution >= 0.6 is 23.5 Å². The zero-order valence-electron chi connectivity index (χ0n) is 16.9. The molecule has 1 aliphatic rings. The quantitative estimate of drug-likeness (QED) is 0.387. The van der Waals surface area contributed by atoms with E-state index in [0.717, 1.165) is 30.3 Å². The number of thioether (sulfide) groups is 2. The van der Waals surface area contributed by atoms with Crippen LogP contribution in [0.25, 0.3) is 5.57 Å². The molecule has 2 aromatic carbocycles. The lowest BCUT2D eigenvalue weighted by atomic mass is 10.1. The second-order valence-corrected chi connectivity index (χ2v) is 9.44. The Labute approximate surface area is 178 Å². The van der Waals surface area contributed by atoms with Crippen molar-refractivity contribution in [2.45, 2.75) is 46.0 Å². The van der Waals surface area contributed by atoms with Crippen molar-refractivity contribution in [1.82, 2.24) is 0 Å². The molecule has 0 N–H and O–H groups in total. The second kappa shape index (κ2) is 11.5. The monoisotopic (exact) mass is 414 g/mol. The Balaban J connectivity index is 1.52. The number of ether oxygens (including phenoxy) is 2. The van der Waals surface area contributed by atoms with Crippen LogP contribution in [0.5, 0.6) is 17.2 Å². The molecular weight excluding hydrogens is 384 g/mol. The lowest BCUT2D eigenvalue weighted by Gasteiger charge is -2.16. The first-order valence-corrected chi connectivity index (χ1v) is 12.2. The Morgan fingerprint density at radius 1 is 0.821 bits per heavy atom. The summed E-state index contributed by atoms with van der Waals surface area (Å²) in [7, 11) is 0. The first kappa shape index (κ1) is 21.2. The Morgan fingerprint density at radius 3 is 2.07 bits per heavy atom. The van der Waals surface area contributed by atoms with Gasteiger partial charge in [-0.2, -0.15) is 0 Å². The molecule has 1 aliphatic heterocycles. The van der Waals surface area contributed by atoms with Crippen LogP contribution in [-0.4, -0.2) is 18.1 Å². The summed E-state index contributed by atoms with van der Waals surface area (Å²) in [4.78, 5) is 0. The summed E-state index contributed by atoms with van der Waals surface area (Å²) in [6.07, 6.45) is 6.19. The van der Waals surface area contributed by atoms with Gasteiger partial charge in [0.15, 0.2) is 0 Å². The van der Waals surface area contributed by atoms with Crippen molar-refractivity contribution < 1.29 is 9.47 Å². The van der Waals surface area contributed by atoms with Crippen LogP contribution in [0.1, 0.15) is 51.5 Å². The van der Waals surface area contributed by atoms with Crippen molar-refractivity contribution in [3.63, 3.8) is 0 Å². The third-order valence-electron chi connectivity index (χ3n) is 4.67. The second-order valence-electron chi connectivity index (χ2n) is 6.97. The van der Waals surface area contributed by atoms with Gasteiger partial charge in [-0.3, -0.25) is 0 Å². The predicted molar refractivity (Wildman–Crippen MR) is 125 cm³/mol. The molecule has 0 saturated carbocycles. The van der Waals surface area contributed by atoms with Crippen LogP contribution in [0, 0.1) is 0 Å². The molecule has 0 radical (unpaired) electrons. The standard InChI is InChI=1S/C24H30O2S2/c1-3-4-5-6-16-25-21-12-14-23(15-13-21)26-22-10-8-20(9-11-22)19(2)24-27-17-7-18-28-24/h8-15H,3-7,16-18H2,1-2H3. The van der Waals surface area contributed by atoms with Crippen molar-refractivity contribution in [1.29, 1.82) is 0 Å². The van der Waals surface area contributed by atoms with Crippen molar-refractivity contribution in [3.8, 4) is 17.2 Å². The van der Waals surface area contributed by atoms with E-state index in [-0.39, 0.29) is 0 Å². The van der Waals surface area contributed by atoms with Gasteiger partial charge in [-0.25, -0.2) is 0 Å². The number of hydrogen-bond donors (Lipinski definition) is 0. The van der Waals surface area contributed by atoms with Gasteiger partial charge < -0.3 is 9.47 Å². The molecule has 4 heteroatoms. The van der Waals surface area contributed by atoms with E-state index in [2.05, 4.69) is 38.1 Å². The molecule has 2 aromatic rings. The molecule has 150 valence electrons. The normalized spacial score (nSPS) is 14.0. The van der Waals surface area contributed by atoms with Gasteiger partial charge in [-0.1, -0.05) is 38.3 Å². The van der Waals surface area contributed by atoms with Crippen molar-refractivity contribution in [3.05, 3.63) is 58.3 Å². The highest BCUT2D eigenvalue weighted by molar-refractivity contribution is 8.23. The van der Waals surface area contributed by atoms with Crippen molar-refractivity contribution in [2.75, 3.05) is 18.1 Å². The summed E-state index contributed by atoms with van der Waals surface area (Å²) in [5.41, 5.74) is 2.65. The highest BCUT2D eigenvalue weighted by atomic mass is 32.2. The molecule has 2 nitrogen and oxygen atoms in total. The van der Waals surface area contributed by atoms with Crippen LogP contribution in [0.4, 0.5) is 0 Å². The summed E-state index contributed by atoms with van der Waals surface area (Å²) in [6.45, 7) is 5.23. The summed E-state index contributed by atoms with van der Waals surface area (Å²) < 4.78 is 13.2. The maximum Gasteiger partial charge on any atom is 0.127 e. The maximum absolute atomic E-state index is 5.99. The molecule has 28 heavy (non-hydrogen) atoms.